The van der Waals surface area contributed by atoms with Gasteiger partial charge in [-0.1, -0.05) is 6.07 Å². The first-order valence-corrected chi connectivity index (χ1v) is 3.91. The molecule has 1 rings (SSSR count). The average Bonchev–Trinajstić information content (AvgIpc) is 2.16. The van der Waals surface area contributed by atoms with E-state index in [0.29, 0.717) is 0 Å². The summed E-state index contributed by atoms with van der Waals surface area (Å²) in [6.45, 7) is 0. The third-order valence-electron chi connectivity index (χ3n) is 1.81. The third-order valence-corrected chi connectivity index (χ3v) is 1.81. The minimum absolute atomic E-state index is 0.0816. The van der Waals surface area contributed by atoms with Gasteiger partial charge in [0.2, 0.25) is 5.75 Å². The highest BCUT2D eigenvalue weighted by Gasteiger charge is 2.22. The monoisotopic (exact) mass is 198 g/mol. The van der Waals surface area contributed by atoms with Crippen molar-refractivity contribution in [3.8, 4) is 17.2 Å². The fourth-order valence-electron chi connectivity index (χ4n) is 1.18. The summed E-state index contributed by atoms with van der Waals surface area (Å²) < 4.78 is 9.77. The Kier molecular flexibility index (Phi) is 3.21. The Labute approximate surface area is 81.7 Å². The molecule has 0 heterocycles. The molecule has 0 spiro atoms. The summed E-state index contributed by atoms with van der Waals surface area (Å²) in [5.74, 6) is 0.0781. The molecule has 5 nitrogen and oxygen atoms in total. The van der Waals surface area contributed by atoms with Gasteiger partial charge in [0.1, 0.15) is 0 Å². The lowest BCUT2D eigenvalue weighted by atomic mass is 9.79. The second-order valence-corrected chi connectivity index (χ2v) is 2.61. The summed E-state index contributed by atoms with van der Waals surface area (Å²) >= 11 is 0. The largest absolute Gasteiger partial charge is 0.504 e. The molecule has 0 aliphatic rings. The molecular formula is C8H11BO5. The molecule has 0 saturated carbocycles. The Bertz CT molecular complexity index is 326. The number of aromatic hydroxyl groups is 1. The Morgan fingerprint density at radius 3 is 2.07 bits per heavy atom. The molecule has 0 aliphatic heterocycles. The maximum Gasteiger partial charge on any atom is 0.492 e. The van der Waals surface area contributed by atoms with Gasteiger partial charge in [0.25, 0.3) is 0 Å². The van der Waals surface area contributed by atoms with Crippen molar-refractivity contribution < 1.29 is 24.6 Å². The number of ether oxygens (including phenoxy) is 2. The summed E-state index contributed by atoms with van der Waals surface area (Å²) in [5, 5.41) is 27.3. The van der Waals surface area contributed by atoms with Crippen LogP contribution in [0.1, 0.15) is 0 Å². The molecule has 0 aliphatic carbocycles. The highest BCUT2D eigenvalue weighted by molar-refractivity contribution is 6.59. The SMILES string of the molecule is COc1c(O)ccc(B(O)O)c1OC. The zero-order chi connectivity index (χ0) is 10.7. The second-order valence-electron chi connectivity index (χ2n) is 2.61. The van der Waals surface area contributed by atoms with E-state index in [0.717, 1.165) is 0 Å². The van der Waals surface area contributed by atoms with E-state index in [1.54, 1.807) is 0 Å². The maximum atomic E-state index is 9.36. The van der Waals surface area contributed by atoms with Gasteiger partial charge < -0.3 is 24.6 Å². The van der Waals surface area contributed by atoms with Crippen LogP contribution in [-0.2, 0) is 0 Å². The highest BCUT2D eigenvalue weighted by Crippen LogP contribution is 2.34. The van der Waals surface area contributed by atoms with Gasteiger partial charge in [-0.15, -0.1) is 0 Å². The van der Waals surface area contributed by atoms with E-state index in [-0.39, 0.29) is 22.7 Å². The lowest BCUT2D eigenvalue weighted by Gasteiger charge is -2.13. The number of hydrogen-bond donors (Lipinski definition) is 3. The van der Waals surface area contributed by atoms with Crippen molar-refractivity contribution in [3.63, 3.8) is 0 Å². The van der Waals surface area contributed by atoms with Crippen LogP contribution in [0, 0.1) is 0 Å². The van der Waals surface area contributed by atoms with Crippen LogP contribution < -0.4 is 14.9 Å². The number of rotatable bonds is 3. The second kappa shape index (κ2) is 4.21. The zero-order valence-corrected chi connectivity index (χ0v) is 7.89. The average molecular weight is 198 g/mol. The molecule has 0 atom stereocenters. The first-order chi connectivity index (χ1) is 6.61. The fourth-order valence-corrected chi connectivity index (χ4v) is 1.18. The maximum absolute atomic E-state index is 9.36. The van der Waals surface area contributed by atoms with Crippen LogP contribution in [0.5, 0.6) is 17.2 Å². The smallest absolute Gasteiger partial charge is 0.492 e. The molecule has 0 aromatic heterocycles. The number of hydrogen-bond acceptors (Lipinski definition) is 5. The Hall–Kier alpha value is -1.40. The van der Waals surface area contributed by atoms with Crippen LogP contribution in [0.4, 0.5) is 0 Å². The van der Waals surface area contributed by atoms with E-state index in [1.807, 2.05) is 0 Å². The fraction of sp³-hybridized carbons (Fsp3) is 0.250. The minimum atomic E-state index is -1.67. The van der Waals surface area contributed by atoms with E-state index in [1.165, 1.54) is 26.4 Å². The van der Waals surface area contributed by atoms with Crippen LogP contribution in [0.25, 0.3) is 0 Å². The van der Waals surface area contributed by atoms with E-state index >= 15 is 0 Å². The van der Waals surface area contributed by atoms with Crippen LogP contribution in [0.3, 0.4) is 0 Å². The molecule has 0 saturated heterocycles. The standard InChI is InChI=1S/C8H11BO5/c1-13-7-5(9(11)12)3-4-6(10)8(7)14-2/h3-4,10-12H,1-2H3. The molecule has 1 aromatic carbocycles. The van der Waals surface area contributed by atoms with E-state index in [2.05, 4.69) is 0 Å². The molecular weight excluding hydrogens is 187 g/mol. The molecule has 14 heavy (non-hydrogen) atoms. The quantitative estimate of drug-likeness (QED) is 0.548. The summed E-state index contributed by atoms with van der Waals surface area (Å²) in [5.41, 5.74) is 0.141. The van der Waals surface area contributed by atoms with Crippen LogP contribution >= 0.6 is 0 Å². The van der Waals surface area contributed by atoms with Gasteiger partial charge >= 0.3 is 7.12 Å². The lowest BCUT2D eigenvalue weighted by Crippen LogP contribution is -2.31. The molecule has 76 valence electrons. The van der Waals surface area contributed by atoms with Gasteiger partial charge in [-0.05, 0) is 6.07 Å². The van der Waals surface area contributed by atoms with Crippen LogP contribution in [0.2, 0.25) is 0 Å². The lowest BCUT2D eigenvalue weighted by molar-refractivity contribution is 0.333. The van der Waals surface area contributed by atoms with E-state index < -0.39 is 7.12 Å². The first kappa shape index (κ1) is 10.7. The number of methoxy groups -OCH3 is 2. The third kappa shape index (κ3) is 1.76. The Balaban J connectivity index is 3.33. The van der Waals surface area contributed by atoms with Crippen molar-refractivity contribution in [2.45, 2.75) is 0 Å². The van der Waals surface area contributed by atoms with Crippen molar-refractivity contribution in [2.75, 3.05) is 14.2 Å². The van der Waals surface area contributed by atoms with Gasteiger partial charge in [-0.3, -0.25) is 0 Å². The van der Waals surface area contributed by atoms with Gasteiger partial charge in [-0.25, -0.2) is 0 Å². The van der Waals surface area contributed by atoms with Crippen molar-refractivity contribution in [1.29, 1.82) is 0 Å². The first-order valence-electron chi connectivity index (χ1n) is 3.91. The van der Waals surface area contributed by atoms with Crippen molar-refractivity contribution in [1.82, 2.24) is 0 Å². The molecule has 0 fully saturated rings. The molecule has 3 N–H and O–H groups in total. The summed E-state index contributed by atoms with van der Waals surface area (Å²) in [7, 11) is 1.04. The number of phenolic OH excluding ortho intramolecular Hbond substituents is 1. The van der Waals surface area contributed by atoms with Gasteiger partial charge in [0, 0.05) is 5.46 Å². The molecule has 0 unspecified atom stereocenters. The molecule has 0 radical (unpaired) electrons. The number of benzene rings is 1. The predicted octanol–water partition coefficient (Wildman–Crippen LogP) is -0.911. The van der Waals surface area contributed by atoms with Gasteiger partial charge in [-0.2, -0.15) is 0 Å². The van der Waals surface area contributed by atoms with Crippen molar-refractivity contribution in [2.24, 2.45) is 0 Å². The summed E-state index contributed by atoms with van der Waals surface area (Å²) in [6, 6.07) is 2.65. The Morgan fingerprint density at radius 1 is 1.07 bits per heavy atom. The van der Waals surface area contributed by atoms with Crippen LogP contribution in [-0.4, -0.2) is 36.5 Å². The van der Waals surface area contributed by atoms with E-state index in [4.69, 9.17) is 19.5 Å². The van der Waals surface area contributed by atoms with Crippen LogP contribution in [0.15, 0.2) is 12.1 Å². The zero-order valence-electron chi connectivity index (χ0n) is 7.89. The minimum Gasteiger partial charge on any atom is -0.504 e. The topological polar surface area (TPSA) is 79.2 Å². The van der Waals surface area contributed by atoms with Crippen molar-refractivity contribution >= 4 is 12.6 Å². The highest BCUT2D eigenvalue weighted by atomic mass is 16.5. The van der Waals surface area contributed by atoms with E-state index in [9.17, 15) is 5.11 Å². The summed E-state index contributed by atoms with van der Waals surface area (Å²) in [6.07, 6.45) is 0. The number of phenols is 1. The van der Waals surface area contributed by atoms with Gasteiger partial charge in [0.05, 0.1) is 14.2 Å². The molecule has 0 amide bonds. The Morgan fingerprint density at radius 2 is 1.64 bits per heavy atom. The molecule has 0 bridgehead atoms. The normalized spacial score (nSPS) is 9.71. The predicted molar refractivity (Wildman–Crippen MR) is 51.0 cm³/mol. The molecule has 1 aromatic rings. The molecule has 6 heteroatoms. The summed E-state index contributed by atoms with van der Waals surface area (Å²) in [4.78, 5) is 0. The van der Waals surface area contributed by atoms with Crippen molar-refractivity contribution in [3.05, 3.63) is 12.1 Å². The van der Waals surface area contributed by atoms with Gasteiger partial charge in [0.15, 0.2) is 11.5 Å².